The fourth-order valence-corrected chi connectivity index (χ4v) is 1.75. The van der Waals surface area contributed by atoms with E-state index in [9.17, 15) is 0 Å². The van der Waals surface area contributed by atoms with Gasteiger partial charge in [-0.05, 0) is 30.4 Å². The Kier molecular flexibility index (Phi) is 2.75. The molecule has 0 spiro atoms. The molecule has 0 saturated heterocycles. The fraction of sp³-hybridized carbons (Fsp3) is 0. The minimum atomic E-state index is 0.777. The van der Waals surface area contributed by atoms with Gasteiger partial charge in [0, 0.05) is 23.5 Å². The summed E-state index contributed by atoms with van der Waals surface area (Å²) in [6.07, 6.45) is 11.1. The van der Waals surface area contributed by atoms with E-state index >= 15 is 0 Å². The summed E-state index contributed by atoms with van der Waals surface area (Å²) < 4.78 is 0. The maximum absolute atomic E-state index is 5.34. The van der Waals surface area contributed by atoms with Crippen molar-refractivity contribution in [2.24, 2.45) is 0 Å². The molecule has 0 fully saturated rings. The van der Waals surface area contributed by atoms with Gasteiger partial charge in [-0.3, -0.25) is 0 Å². The van der Waals surface area contributed by atoms with Crippen LogP contribution in [0, 0.1) is 0 Å². The third-order valence-corrected chi connectivity index (χ3v) is 2.59. The number of hydroxylamine groups is 2. The number of rotatable bonds is 2. The van der Waals surface area contributed by atoms with E-state index in [1.807, 2.05) is 48.6 Å². The van der Waals surface area contributed by atoms with Crippen LogP contribution in [-0.2, 0) is 9.68 Å². The predicted octanol–water partition coefficient (Wildman–Crippen LogP) is 2.47. The second kappa shape index (κ2) is 4.71. The van der Waals surface area contributed by atoms with E-state index in [1.165, 1.54) is 0 Å². The molecule has 0 aliphatic carbocycles. The highest BCUT2D eigenvalue weighted by atomic mass is 16.7. The van der Waals surface area contributed by atoms with Crippen LogP contribution < -0.4 is 11.0 Å². The molecule has 0 atom stereocenters. The zero-order valence-electron chi connectivity index (χ0n) is 9.59. The summed E-state index contributed by atoms with van der Waals surface area (Å²) in [4.78, 5) is 10.7. The molecular formula is C14H12N2O2. The molecule has 1 aromatic carbocycles. The number of hydrogen-bond donors (Lipinski definition) is 2. The third-order valence-electron chi connectivity index (χ3n) is 2.59. The average molecular weight is 240 g/mol. The topological polar surface area (TPSA) is 42.5 Å². The van der Waals surface area contributed by atoms with E-state index in [0.717, 1.165) is 22.6 Å². The summed E-state index contributed by atoms with van der Waals surface area (Å²) in [5.74, 6) is 1.55. The van der Waals surface area contributed by atoms with Crippen LogP contribution in [0.1, 0.15) is 11.1 Å². The third kappa shape index (κ3) is 2.08. The summed E-state index contributed by atoms with van der Waals surface area (Å²) in [6.45, 7) is 0. The Morgan fingerprint density at radius 3 is 1.78 bits per heavy atom. The maximum Gasteiger partial charge on any atom is 0.162 e. The van der Waals surface area contributed by atoms with Gasteiger partial charge in [-0.25, -0.2) is 11.0 Å². The molecule has 2 aliphatic rings. The fourth-order valence-electron chi connectivity index (χ4n) is 1.75. The highest BCUT2D eigenvalue weighted by molar-refractivity contribution is 5.69. The Hall–Kier alpha value is -2.62. The molecule has 0 unspecified atom stereocenters. The molecule has 18 heavy (non-hydrogen) atoms. The SMILES string of the molecule is C1=CNOC(c2cccc(C3=CC=CNO3)c2)=C1. The lowest BCUT2D eigenvalue weighted by molar-refractivity contribution is 0.197. The first-order valence-corrected chi connectivity index (χ1v) is 5.63. The second-order valence-electron chi connectivity index (χ2n) is 3.80. The Labute approximate surface area is 105 Å². The maximum atomic E-state index is 5.34. The minimum absolute atomic E-state index is 0.777. The van der Waals surface area contributed by atoms with Gasteiger partial charge in [0.15, 0.2) is 11.5 Å². The first-order valence-electron chi connectivity index (χ1n) is 5.63. The first-order chi connectivity index (χ1) is 8.93. The van der Waals surface area contributed by atoms with Gasteiger partial charge in [0.2, 0.25) is 0 Å². The lowest BCUT2D eigenvalue weighted by Crippen LogP contribution is -2.10. The van der Waals surface area contributed by atoms with E-state index in [2.05, 4.69) is 11.0 Å². The van der Waals surface area contributed by atoms with Crippen LogP contribution in [0.4, 0.5) is 0 Å². The van der Waals surface area contributed by atoms with Crippen molar-refractivity contribution in [2.75, 3.05) is 0 Å². The quantitative estimate of drug-likeness (QED) is 0.833. The van der Waals surface area contributed by atoms with E-state index in [0.29, 0.717) is 0 Å². The summed E-state index contributed by atoms with van der Waals surface area (Å²) >= 11 is 0. The van der Waals surface area contributed by atoms with Gasteiger partial charge in [-0.2, -0.15) is 0 Å². The molecule has 1 aromatic rings. The van der Waals surface area contributed by atoms with Crippen molar-refractivity contribution in [2.45, 2.75) is 0 Å². The molecule has 2 aliphatic heterocycles. The largest absolute Gasteiger partial charge is 0.382 e. The van der Waals surface area contributed by atoms with Gasteiger partial charge in [0.25, 0.3) is 0 Å². The Balaban J connectivity index is 1.94. The monoisotopic (exact) mass is 240 g/mol. The van der Waals surface area contributed by atoms with Crippen LogP contribution >= 0.6 is 0 Å². The van der Waals surface area contributed by atoms with Crippen molar-refractivity contribution in [3.8, 4) is 0 Å². The zero-order valence-corrected chi connectivity index (χ0v) is 9.59. The molecule has 0 bridgehead atoms. The molecular weight excluding hydrogens is 228 g/mol. The van der Waals surface area contributed by atoms with Crippen LogP contribution in [0.2, 0.25) is 0 Å². The summed E-state index contributed by atoms with van der Waals surface area (Å²) in [5.41, 5.74) is 7.41. The Morgan fingerprint density at radius 1 is 0.778 bits per heavy atom. The molecule has 3 rings (SSSR count). The van der Waals surface area contributed by atoms with E-state index in [4.69, 9.17) is 9.68 Å². The number of nitrogens with one attached hydrogen (secondary N) is 2. The van der Waals surface area contributed by atoms with Crippen LogP contribution in [0.5, 0.6) is 0 Å². The van der Waals surface area contributed by atoms with Gasteiger partial charge in [0.05, 0.1) is 0 Å². The molecule has 0 radical (unpaired) electrons. The molecule has 90 valence electrons. The van der Waals surface area contributed by atoms with Crippen molar-refractivity contribution in [3.63, 3.8) is 0 Å². The predicted molar refractivity (Wildman–Crippen MR) is 69.1 cm³/mol. The minimum Gasteiger partial charge on any atom is -0.382 e. The van der Waals surface area contributed by atoms with Gasteiger partial charge < -0.3 is 9.68 Å². The van der Waals surface area contributed by atoms with Crippen molar-refractivity contribution in [3.05, 3.63) is 72.1 Å². The van der Waals surface area contributed by atoms with Crippen LogP contribution in [0.15, 0.2) is 61.0 Å². The molecule has 4 nitrogen and oxygen atoms in total. The van der Waals surface area contributed by atoms with E-state index in [1.54, 1.807) is 12.4 Å². The van der Waals surface area contributed by atoms with Crippen molar-refractivity contribution < 1.29 is 9.68 Å². The van der Waals surface area contributed by atoms with E-state index in [-0.39, 0.29) is 0 Å². The summed E-state index contributed by atoms with van der Waals surface area (Å²) in [6, 6.07) is 7.96. The lowest BCUT2D eigenvalue weighted by Gasteiger charge is -2.15. The van der Waals surface area contributed by atoms with Gasteiger partial charge in [-0.1, -0.05) is 18.2 Å². The number of benzene rings is 1. The van der Waals surface area contributed by atoms with Crippen LogP contribution in [-0.4, -0.2) is 0 Å². The lowest BCUT2D eigenvalue weighted by atomic mass is 10.1. The molecule has 0 saturated carbocycles. The normalized spacial score (nSPS) is 16.7. The van der Waals surface area contributed by atoms with Crippen LogP contribution in [0.3, 0.4) is 0 Å². The Bertz CT molecular complexity index is 524. The van der Waals surface area contributed by atoms with Crippen molar-refractivity contribution >= 4 is 11.5 Å². The first kappa shape index (κ1) is 10.5. The highest BCUT2D eigenvalue weighted by Gasteiger charge is 2.09. The van der Waals surface area contributed by atoms with Gasteiger partial charge in [-0.15, -0.1) is 0 Å². The smallest absolute Gasteiger partial charge is 0.162 e. The van der Waals surface area contributed by atoms with Crippen molar-refractivity contribution in [1.82, 2.24) is 11.0 Å². The standard InChI is InChI=1S/C14H12N2O2/c1-4-11(13-6-2-8-15-17-13)10-12(5-1)14-7-3-9-16-18-14/h1-10,15-16H. The highest BCUT2D eigenvalue weighted by Crippen LogP contribution is 2.23. The van der Waals surface area contributed by atoms with Gasteiger partial charge >= 0.3 is 0 Å². The van der Waals surface area contributed by atoms with Crippen molar-refractivity contribution in [1.29, 1.82) is 0 Å². The Morgan fingerprint density at radius 2 is 1.33 bits per heavy atom. The van der Waals surface area contributed by atoms with Crippen LogP contribution in [0.25, 0.3) is 11.5 Å². The molecule has 4 heteroatoms. The van der Waals surface area contributed by atoms with E-state index < -0.39 is 0 Å². The average Bonchev–Trinajstić information content (AvgIpc) is 2.49. The summed E-state index contributed by atoms with van der Waals surface area (Å²) in [7, 11) is 0. The number of hydrogen-bond acceptors (Lipinski definition) is 4. The van der Waals surface area contributed by atoms with Gasteiger partial charge in [0.1, 0.15) is 0 Å². The zero-order chi connectivity index (χ0) is 12.2. The molecule has 2 N–H and O–H groups in total. The summed E-state index contributed by atoms with van der Waals surface area (Å²) in [5, 5.41) is 0. The number of allylic oxidation sites excluding steroid dienone is 4. The molecule has 2 heterocycles. The molecule has 0 amide bonds. The molecule has 0 aromatic heterocycles. The second-order valence-corrected chi connectivity index (χ2v) is 3.80.